The van der Waals surface area contributed by atoms with Crippen LogP contribution in [0.4, 0.5) is 0 Å². The van der Waals surface area contributed by atoms with Crippen LogP contribution in [0, 0.1) is 0 Å². The van der Waals surface area contributed by atoms with Crippen molar-refractivity contribution in [3.8, 4) is 39.4 Å². The molecule has 7 rings (SSSR count). The van der Waals surface area contributed by atoms with Gasteiger partial charge < -0.3 is 20.5 Å². The molecule has 1 aliphatic heterocycles. The Bertz CT molecular complexity index is 2210. The molecule has 0 spiro atoms. The Kier molecular flexibility index (Phi) is 9.12. The fourth-order valence-corrected chi connectivity index (χ4v) is 7.02. The van der Waals surface area contributed by atoms with Gasteiger partial charge in [0, 0.05) is 72.2 Å². The molecule has 12 nitrogen and oxygen atoms in total. The zero-order valence-corrected chi connectivity index (χ0v) is 28.9. The number of nitrogens with one attached hydrogen (secondary N) is 3. The summed E-state index contributed by atoms with van der Waals surface area (Å²) in [4.78, 5) is 41.2. The summed E-state index contributed by atoms with van der Waals surface area (Å²) in [5.41, 5.74) is 4.14. The zero-order valence-electron chi connectivity index (χ0n) is 27.4. The number of carboxylic acids is 1. The molecule has 4 N–H and O–H groups in total. The third-order valence-corrected chi connectivity index (χ3v) is 10.3. The summed E-state index contributed by atoms with van der Waals surface area (Å²) in [6.45, 7) is 1.32. The number of aliphatic carboxylic acids is 1. The molecule has 5 aromatic rings. The molecule has 2 aromatic carbocycles. The zero-order chi connectivity index (χ0) is 35.2. The minimum absolute atomic E-state index is 0.0841. The van der Waals surface area contributed by atoms with Crippen LogP contribution in [0.2, 0.25) is 10.0 Å². The van der Waals surface area contributed by atoms with E-state index in [1.54, 1.807) is 26.4 Å². The van der Waals surface area contributed by atoms with E-state index in [9.17, 15) is 19.5 Å². The first-order valence-corrected chi connectivity index (χ1v) is 17.0. The van der Waals surface area contributed by atoms with Crippen LogP contribution in [-0.2, 0) is 29.7 Å². The number of pyridine rings is 1. The van der Waals surface area contributed by atoms with Crippen molar-refractivity contribution in [3.05, 3.63) is 92.6 Å². The molecule has 2 fully saturated rings. The maximum Gasteiger partial charge on any atom is 0.323 e. The van der Waals surface area contributed by atoms with E-state index in [-0.39, 0.29) is 24.1 Å². The van der Waals surface area contributed by atoms with Gasteiger partial charge in [-0.3, -0.25) is 24.3 Å². The van der Waals surface area contributed by atoms with E-state index in [2.05, 4.69) is 21.0 Å². The van der Waals surface area contributed by atoms with Gasteiger partial charge in [0.05, 0.1) is 29.4 Å². The van der Waals surface area contributed by atoms with Crippen molar-refractivity contribution in [2.24, 2.45) is 7.05 Å². The lowest BCUT2D eigenvalue weighted by molar-refractivity contribution is -0.140. The second-order valence-electron chi connectivity index (χ2n) is 12.7. The van der Waals surface area contributed by atoms with Crippen molar-refractivity contribution in [2.45, 2.75) is 50.4 Å². The van der Waals surface area contributed by atoms with Crippen molar-refractivity contribution in [1.82, 2.24) is 35.1 Å². The highest BCUT2D eigenvalue weighted by Crippen LogP contribution is 2.42. The van der Waals surface area contributed by atoms with E-state index in [1.165, 1.54) is 9.08 Å². The smallest absolute Gasteiger partial charge is 0.323 e. The number of methoxy groups -OCH3 is 1. The number of fused-ring (bicyclic) bond motifs is 1. The number of hydrogen-bond acceptors (Lipinski definition) is 8. The quantitative estimate of drug-likeness (QED) is 0.143. The molecule has 1 saturated carbocycles. The lowest BCUT2D eigenvalue weighted by Crippen LogP contribution is -2.40. The number of hydrogen-bond donors (Lipinski definition) is 4. The number of benzene rings is 2. The molecule has 1 amide bonds. The van der Waals surface area contributed by atoms with Crippen LogP contribution in [0.25, 0.3) is 39.0 Å². The van der Waals surface area contributed by atoms with Gasteiger partial charge in [-0.25, -0.2) is 9.50 Å². The first-order chi connectivity index (χ1) is 24.1. The number of halogens is 2. The topological polar surface area (TPSA) is 152 Å². The molecule has 2 aliphatic rings. The Morgan fingerprint density at radius 1 is 1.04 bits per heavy atom. The van der Waals surface area contributed by atoms with Gasteiger partial charge in [-0.15, -0.1) is 0 Å². The normalized spacial score (nSPS) is 16.5. The average molecular weight is 717 g/mol. The molecule has 14 heteroatoms. The van der Waals surface area contributed by atoms with E-state index >= 15 is 0 Å². The average Bonchev–Trinajstić information content (AvgIpc) is 3.62. The lowest BCUT2D eigenvalue weighted by atomic mass is 9.97. The van der Waals surface area contributed by atoms with Crippen LogP contribution in [0.3, 0.4) is 0 Å². The van der Waals surface area contributed by atoms with Gasteiger partial charge in [0.15, 0.2) is 0 Å². The molecule has 1 unspecified atom stereocenters. The van der Waals surface area contributed by atoms with Crippen LogP contribution in [0.15, 0.2) is 65.6 Å². The summed E-state index contributed by atoms with van der Waals surface area (Å²) < 4.78 is 8.57. The van der Waals surface area contributed by atoms with E-state index in [0.717, 1.165) is 12.0 Å². The Morgan fingerprint density at radius 2 is 1.74 bits per heavy atom. The first kappa shape index (κ1) is 33.7. The van der Waals surface area contributed by atoms with E-state index in [0.29, 0.717) is 93.1 Å². The highest BCUT2D eigenvalue weighted by atomic mass is 35.5. The number of carbonyl (C=O) groups excluding carboxylic acids is 1. The molecule has 50 heavy (non-hydrogen) atoms. The van der Waals surface area contributed by atoms with Gasteiger partial charge in [0.2, 0.25) is 11.8 Å². The first-order valence-electron chi connectivity index (χ1n) is 16.3. The van der Waals surface area contributed by atoms with Crippen molar-refractivity contribution in [3.63, 3.8) is 0 Å². The molecule has 0 radical (unpaired) electrons. The highest BCUT2D eigenvalue weighted by molar-refractivity contribution is 6.39. The summed E-state index contributed by atoms with van der Waals surface area (Å²) >= 11 is 14.2. The molecule has 3 aromatic heterocycles. The standard InChI is InChI=1S/C36H35Cl2N7O5/c1-44-29(18-40-36(13-14-36)35(48)49)43-45-19-21(15-28(45)34(44)47)23-5-3-6-24(31(23)37)25-7-4-8-26(32(25)38)27-11-9-20(33(42-27)50-2)16-39-17-22-10-12-30(46)41-22/h3-9,11,15,19,22,39-40H,10,12-14,16-18H2,1-2H3,(H,41,46)(H,48,49). The van der Waals surface area contributed by atoms with E-state index in [1.807, 2.05) is 48.5 Å². The predicted octanol–water partition coefficient (Wildman–Crippen LogP) is 4.82. The summed E-state index contributed by atoms with van der Waals surface area (Å²) in [6.07, 6.45) is 4.18. The number of rotatable bonds is 12. The van der Waals surface area contributed by atoms with Gasteiger partial charge in [-0.05, 0) is 31.4 Å². The van der Waals surface area contributed by atoms with Crippen LogP contribution < -0.4 is 26.2 Å². The molecule has 0 bridgehead atoms. The van der Waals surface area contributed by atoms with Gasteiger partial charge >= 0.3 is 5.97 Å². The minimum Gasteiger partial charge on any atom is -0.481 e. The van der Waals surface area contributed by atoms with Crippen LogP contribution >= 0.6 is 23.2 Å². The summed E-state index contributed by atoms with van der Waals surface area (Å²) in [7, 11) is 3.20. The Balaban J connectivity index is 1.16. The second-order valence-corrected chi connectivity index (χ2v) is 13.5. The molecule has 1 aliphatic carbocycles. The molecule has 1 atom stereocenters. The van der Waals surface area contributed by atoms with E-state index in [4.69, 9.17) is 32.9 Å². The summed E-state index contributed by atoms with van der Waals surface area (Å²) in [5, 5.41) is 24.4. The van der Waals surface area contributed by atoms with Crippen molar-refractivity contribution in [1.29, 1.82) is 0 Å². The van der Waals surface area contributed by atoms with Gasteiger partial charge in [-0.2, -0.15) is 5.10 Å². The monoisotopic (exact) mass is 715 g/mol. The number of aromatic nitrogens is 4. The fourth-order valence-electron chi connectivity index (χ4n) is 6.36. The number of amides is 1. The Hall–Kier alpha value is -4.75. The summed E-state index contributed by atoms with van der Waals surface area (Å²) in [5.74, 6) is 0.0631. The highest BCUT2D eigenvalue weighted by Gasteiger charge is 2.50. The van der Waals surface area contributed by atoms with Crippen molar-refractivity contribution < 1.29 is 19.4 Å². The third kappa shape index (κ3) is 6.35. The molecule has 258 valence electrons. The Labute approximate surface area is 297 Å². The fraction of sp³-hybridized carbons (Fsp3) is 0.306. The minimum atomic E-state index is -0.957. The largest absolute Gasteiger partial charge is 0.481 e. The maximum absolute atomic E-state index is 13.3. The number of nitrogens with zero attached hydrogens (tertiary/aromatic N) is 4. The van der Waals surface area contributed by atoms with Gasteiger partial charge in [0.1, 0.15) is 16.9 Å². The number of carboxylic acid groups (broad SMARTS) is 1. The molecular weight excluding hydrogens is 681 g/mol. The van der Waals surface area contributed by atoms with Crippen LogP contribution in [-0.4, -0.2) is 61.4 Å². The maximum atomic E-state index is 13.3. The summed E-state index contributed by atoms with van der Waals surface area (Å²) in [6, 6.07) is 17.0. The van der Waals surface area contributed by atoms with Crippen molar-refractivity contribution in [2.75, 3.05) is 13.7 Å². The number of ether oxygens (including phenoxy) is 1. The van der Waals surface area contributed by atoms with Crippen LogP contribution in [0.1, 0.15) is 37.1 Å². The van der Waals surface area contributed by atoms with E-state index < -0.39 is 11.5 Å². The lowest BCUT2D eigenvalue weighted by Gasteiger charge is -2.15. The number of carbonyl (C=O) groups is 2. The molecule has 4 heterocycles. The van der Waals surface area contributed by atoms with Crippen LogP contribution in [0.5, 0.6) is 5.88 Å². The van der Waals surface area contributed by atoms with Gasteiger partial charge in [0.25, 0.3) is 5.56 Å². The molecule has 1 saturated heterocycles. The third-order valence-electron chi connectivity index (χ3n) is 9.48. The Morgan fingerprint density at radius 3 is 2.40 bits per heavy atom. The predicted molar refractivity (Wildman–Crippen MR) is 190 cm³/mol. The molecular formula is C36H35Cl2N7O5. The van der Waals surface area contributed by atoms with Crippen molar-refractivity contribution >= 4 is 40.6 Å². The SMILES string of the molecule is COc1nc(-c2cccc(-c3cccc(-c4cc5c(=O)n(C)c(CNC6(C(=O)O)CC6)nn5c4)c3Cl)c2Cl)ccc1CNCC1CCC(=O)N1. The van der Waals surface area contributed by atoms with Gasteiger partial charge in [-0.1, -0.05) is 65.7 Å². The second kappa shape index (κ2) is 13.5.